The van der Waals surface area contributed by atoms with E-state index < -0.39 is 0 Å². The molecule has 1 rings (SSSR count). The average Bonchev–Trinajstić information content (AvgIpc) is 1.94. The van der Waals surface area contributed by atoms with Crippen molar-refractivity contribution in [3.63, 3.8) is 0 Å². The Morgan fingerprint density at radius 1 is 1.11 bits per heavy atom. The molecular weight excluding hydrogens is 142 g/mol. The molecule has 0 atom stereocenters. The maximum atomic E-state index is 5.48. The van der Waals surface area contributed by atoms with Gasteiger partial charge in [0.1, 0.15) is 0 Å². The van der Waals surface area contributed by atoms with Gasteiger partial charge in [-0.3, -0.25) is 0 Å². The van der Waals surface area contributed by atoms with Gasteiger partial charge in [0.2, 0.25) is 0 Å². The smallest absolute Gasteiger partial charge is 0.0701 e. The minimum Gasteiger partial charge on any atom is -0.377 e. The Balaban J connectivity index is 0.000000640. The van der Waals surface area contributed by atoms with Crippen LogP contribution in [-0.2, 0) is 9.47 Å². The first-order valence-electron chi connectivity index (χ1n) is 2.80. The van der Waals surface area contributed by atoms with Crippen molar-refractivity contribution in [2.24, 2.45) is 5.73 Å². The lowest BCUT2D eigenvalue weighted by Gasteiger charge is -2.03. The molecule has 0 bridgehead atoms. The Morgan fingerprint density at radius 3 is 2.00 bits per heavy atom. The molecule has 0 unspecified atom stereocenters. The fourth-order valence-corrected chi connectivity index (χ4v) is 0.635. The van der Waals surface area contributed by atoms with Crippen molar-refractivity contribution < 1.29 is 9.47 Å². The molecule has 9 heavy (non-hydrogen) atoms. The van der Waals surface area contributed by atoms with E-state index in [2.05, 4.69) is 0 Å². The Labute approximate surface area is 60.9 Å². The molecule has 0 amide bonds. The van der Waals surface area contributed by atoms with Crippen LogP contribution in [0, 0.1) is 0 Å². The summed E-state index contributed by atoms with van der Waals surface area (Å²) >= 11 is 0. The van der Waals surface area contributed by atoms with Crippen molar-refractivity contribution in [3.8, 4) is 0 Å². The van der Waals surface area contributed by atoms with Gasteiger partial charge in [-0.15, -0.1) is 12.4 Å². The Morgan fingerprint density at radius 2 is 1.56 bits per heavy atom. The Kier molecular flexibility index (Phi) is 5.09. The number of hydrogen-bond donors (Lipinski definition) is 1. The van der Waals surface area contributed by atoms with Crippen LogP contribution in [-0.4, -0.2) is 32.5 Å². The topological polar surface area (TPSA) is 44.5 Å². The lowest BCUT2D eigenvalue weighted by atomic mass is 10.4. The molecular formula is C5H12ClNO2. The highest BCUT2D eigenvalue weighted by Crippen LogP contribution is 1.90. The molecule has 0 spiro atoms. The fraction of sp³-hybridized carbons (Fsp3) is 1.00. The molecule has 56 valence electrons. The summed E-state index contributed by atoms with van der Waals surface area (Å²) in [5, 5.41) is 0. The molecule has 4 heteroatoms. The first kappa shape index (κ1) is 9.17. The van der Waals surface area contributed by atoms with Crippen LogP contribution in [0.5, 0.6) is 0 Å². The molecule has 0 aromatic carbocycles. The van der Waals surface area contributed by atoms with Gasteiger partial charge in [0, 0.05) is 0 Å². The van der Waals surface area contributed by atoms with Crippen LogP contribution in [0.1, 0.15) is 0 Å². The summed E-state index contributed by atoms with van der Waals surface area (Å²) in [6.07, 6.45) is 0. The maximum absolute atomic E-state index is 5.48. The second kappa shape index (κ2) is 4.99. The van der Waals surface area contributed by atoms with Crippen LogP contribution in [0.3, 0.4) is 0 Å². The molecule has 0 saturated carbocycles. The zero-order valence-electron chi connectivity index (χ0n) is 5.21. The van der Waals surface area contributed by atoms with Crippen LogP contribution in [0.2, 0.25) is 0 Å². The number of hydrogen-bond acceptors (Lipinski definition) is 3. The summed E-state index contributed by atoms with van der Waals surface area (Å²) in [6, 6.07) is 0.0810. The number of halogens is 1. The number of rotatable bonds is 0. The van der Waals surface area contributed by atoms with Gasteiger partial charge < -0.3 is 15.2 Å². The first-order chi connectivity index (χ1) is 3.89. The predicted molar refractivity (Wildman–Crippen MR) is 36.9 cm³/mol. The molecule has 0 aliphatic carbocycles. The van der Waals surface area contributed by atoms with Gasteiger partial charge in [-0.2, -0.15) is 0 Å². The summed E-state index contributed by atoms with van der Waals surface area (Å²) < 4.78 is 10.1. The van der Waals surface area contributed by atoms with Crippen molar-refractivity contribution in [2.75, 3.05) is 26.4 Å². The number of ether oxygens (including phenoxy) is 2. The van der Waals surface area contributed by atoms with E-state index in [-0.39, 0.29) is 18.4 Å². The van der Waals surface area contributed by atoms with Gasteiger partial charge >= 0.3 is 0 Å². The Bertz CT molecular complexity index is 64.0. The summed E-state index contributed by atoms with van der Waals surface area (Å²) in [7, 11) is 0. The maximum Gasteiger partial charge on any atom is 0.0701 e. The van der Waals surface area contributed by atoms with Gasteiger partial charge in [-0.05, 0) is 0 Å². The van der Waals surface area contributed by atoms with Crippen LogP contribution in [0.15, 0.2) is 0 Å². The molecule has 0 aromatic rings. The van der Waals surface area contributed by atoms with E-state index in [1.807, 2.05) is 0 Å². The van der Waals surface area contributed by atoms with E-state index >= 15 is 0 Å². The second-order valence-corrected chi connectivity index (χ2v) is 1.91. The first-order valence-corrected chi connectivity index (χ1v) is 2.80. The van der Waals surface area contributed by atoms with E-state index in [1.165, 1.54) is 0 Å². The molecule has 1 saturated heterocycles. The van der Waals surface area contributed by atoms with Crippen LogP contribution in [0.25, 0.3) is 0 Å². The largest absolute Gasteiger partial charge is 0.377 e. The lowest BCUT2D eigenvalue weighted by Crippen LogP contribution is -2.28. The minimum absolute atomic E-state index is 0. The summed E-state index contributed by atoms with van der Waals surface area (Å²) in [6.45, 7) is 2.65. The van der Waals surface area contributed by atoms with Gasteiger partial charge in [-0.25, -0.2) is 0 Å². The van der Waals surface area contributed by atoms with Gasteiger partial charge in [0.15, 0.2) is 0 Å². The SMILES string of the molecule is Cl.NC1COCCOC1. The van der Waals surface area contributed by atoms with E-state index in [0.717, 1.165) is 0 Å². The van der Waals surface area contributed by atoms with Crippen molar-refractivity contribution >= 4 is 12.4 Å². The molecule has 0 radical (unpaired) electrons. The van der Waals surface area contributed by atoms with E-state index in [4.69, 9.17) is 15.2 Å². The molecule has 1 fully saturated rings. The minimum atomic E-state index is 0. The molecule has 0 aromatic heterocycles. The standard InChI is InChI=1S/C5H11NO2.ClH/c6-5-3-7-1-2-8-4-5;/h5H,1-4,6H2;1H. The number of nitrogens with two attached hydrogens (primary N) is 1. The summed E-state index contributed by atoms with van der Waals surface area (Å²) in [5.41, 5.74) is 5.48. The third-order valence-electron chi connectivity index (χ3n) is 1.04. The normalized spacial score (nSPS) is 22.3. The van der Waals surface area contributed by atoms with Crippen LogP contribution < -0.4 is 5.73 Å². The van der Waals surface area contributed by atoms with Crippen molar-refractivity contribution in [3.05, 3.63) is 0 Å². The summed E-state index contributed by atoms with van der Waals surface area (Å²) in [4.78, 5) is 0. The quantitative estimate of drug-likeness (QED) is 0.524. The van der Waals surface area contributed by atoms with Gasteiger partial charge in [0.25, 0.3) is 0 Å². The van der Waals surface area contributed by atoms with Crippen LogP contribution in [0.4, 0.5) is 0 Å². The highest BCUT2D eigenvalue weighted by molar-refractivity contribution is 5.85. The van der Waals surface area contributed by atoms with Crippen molar-refractivity contribution in [1.82, 2.24) is 0 Å². The molecule has 3 nitrogen and oxygen atoms in total. The molecule has 2 N–H and O–H groups in total. The molecule has 1 aliphatic heterocycles. The predicted octanol–water partition coefficient (Wildman–Crippen LogP) is -0.218. The second-order valence-electron chi connectivity index (χ2n) is 1.91. The fourth-order valence-electron chi connectivity index (χ4n) is 0.635. The van der Waals surface area contributed by atoms with Gasteiger partial charge in [-0.1, -0.05) is 0 Å². The third kappa shape index (κ3) is 3.70. The zero-order valence-corrected chi connectivity index (χ0v) is 6.02. The summed E-state index contributed by atoms with van der Waals surface area (Å²) in [5.74, 6) is 0. The van der Waals surface area contributed by atoms with Crippen molar-refractivity contribution in [1.29, 1.82) is 0 Å². The monoisotopic (exact) mass is 153 g/mol. The highest BCUT2D eigenvalue weighted by atomic mass is 35.5. The third-order valence-corrected chi connectivity index (χ3v) is 1.04. The van der Waals surface area contributed by atoms with E-state index in [0.29, 0.717) is 26.4 Å². The van der Waals surface area contributed by atoms with Gasteiger partial charge in [0.05, 0.1) is 32.5 Å². The van der Waals surface area contributed by atoms with Crippen LogP contribution >= 0.6 is 12.4 Å². The molecule has 1 aliphatic rings. The highest BCUT2D eigenvalue weighted by Gasteiger charge is 2.05. The van der Waals surface area contributed by atoms with E-state index in [9.17, 15) is 0 Å². The zero-order chi connectivity index (χ0) is 5.82. The Hall–Kier alpha value is 0.170. The van der Waals surface area contributed by atoms with E-state index in [1.54, 1.807) is 0 Å². The van der Waals surface area contributed by atoms with Crippen molar-refractivity contribution in [2.45, 2.75) is 6.04 Å². The average molecular weight is 154 g/mol. The lowest BCUT2D eigenvalue weighted by molar-refractivity contribution is 0.103. The molecule has 1 heterocycles.